The van der Waals surface area contributed by atoms with Crippen molar-refractivity contribution >= 4 is 0 Å². The molecule has 0 spiro atoms. The normalized spacial score (nSPS) is 14.6. The summed E-state index contributed by atoms with van der Waals surface area (Å²) in [5.74, 6) is 0. The first kappa shape index (κ1) is 10.6. The van der Waals surface area contributed by atoms with Crippen LogP contribution >= 0.6 is 0 Å². The molecule has 66 valence electrons. The summed E-state index contributed by atoms with van der Waals surface area (Å²) in [6, 6.07) is 0. The predicted molar refractivity (Wildman–Crippen MR) is 45.4 cm³/mol. The Morgan fingerprint density at radius 3 is 2.55 bits per heavy atom. The summed E-state index contributed by atoms with van der Waals surface area (Å²) >= 11 is 0. The zero-order valence-electron chi connectivity index (χ0n) is 7.20. The SMILES string of the molecule is CN(C)CC(O)C=CCCO. The van der Waals surface area contributed by atoms with Gasteiger partial charge in [0.2, 0.25) is 0 Å². The van der Waals surface area contributed by atoms with Gasteiger partial charge in [0.05, 0.1) is 6.10 Å². The highest BCUT2D eigenvalue weighted by atomic mass is 16.3. The summed E-state index contributed by atoms with van der Waals surface area (Å²) in [6.07, 6.45) is 3.69. The molecule has 11 heavy (non-hydrogen) atoms. The summed E-state index contributed by atoms with van der Waals surface area (Å²) < 4.78 is 0. The van der Waals surface area contributed by atoms with Gasteiger partial charge in [-0.25, -0.2) is 0 Å². The molecule has 3 nitrogen and oxygen atoms in total. The van der Waals surface area contributed by atoms with Gasteiger partial charge in [-0.1, -0.05) is 12.2 Å². The molecule has 0 aromatic heterocycles. The van der Waals surface area contributed by atoms with E-state index in [4.69, 9.17) is 5.11 Å². The highest BCUT2D eigenvalue weighted by Gasteiger charge is 1.98. The van der Waals surface area contributed by atoms with E-state index in [9.17, 15) is 5.11 Å². The molecule has 0 amide bonds. The number of rotatable bonds is 5. The molecule has 1 atom stereocenters. The van der Waals surface area contributed by atoms with Gasteiger partial charge in [-0.2, -0.15) is 0 Å². The molecule has 0 aliphatic heterocycles. The Balaban J connectivity index is 3.42. The fraction of sp³-hybridized carbons (Fsp3) is 0.750. The maximum atomic E-state index is 9.24. The molecule has 0 rings (SSSR count). The summed E-state index contributed by atoms with van der Waals surface area (Å²) in [7, 11) is 3.81. The van der Waals surface area contributed by atoms with Crippen LogP contribution in [0.5, 0.6) is 0 Å². The highest BCUT2D eigenvalue weighted by Crippen LogP contribution is 1.90. The van der Waals surface area contributed by atoms with E-state index in [1.807, 2.05) is 19.0 Å². The van der Waals surface area contributed by atoms with Gasteiger partial charge in [-0.3, -0.25) is 0 Å². The van der Waals surface area contributed by atoms with Gasteiger partial charge < -0.3 is 15.1 Å². The Bertz CT molecular complexity index is 113. The van der Waals surface area contributed by atoms with E-state index in [0.29, 0.717) is 13.0 Å². The van der Waals surface area contributed by atoms with E-state index in [0.717, 1.165) is 0 Å². The maximum absolute atomic E-state index is 9.24. The fourth-order valence-electron chi connectivity index (χ4n) is 0.763. The van der Waals surface area contributed by atoms with E-state index in [-0.39, 0.29) is 6.61 Å². The minimum absolute atomic E-state index is 0.144. The minimum Gasteiger partial charge on any atom is -0.396 e. The van der Waals surface area contributed by atoms with Crippen molar-refractivity contribution in [3.05, 3.63) is 12.2 Å². The van der Waals surface area contributed by atoms with E-state index >= 15 is 0 Å². The van der Waals surface area contributed by atoms with Crippen molar-refractivity contribution in [3.63, 3.8) is 0 Å². The van der Waals surface area contributed by atoms with Crippen molar-refractivity contribution in [2.75, 3.05) is 27.2 Å². The first-order chi connectivity index (χ1) is 5.16. The molecule has 0 aromatic carbocycles. The van der Waals surface area contributed by atoms with E-state index in [1.165, 1.54) is 0 Å². The number of aliphatic hydroxyl groups is 2. The Kier molecular flexibility index (Phi) is 6.12. The van der Waals surface area contributed by atoms with Crippen molar-refractivity contribution in [3.8, 4) is 0 Å². The second-order valence-electron chi connectivity index (χ2n) is 2.77. The molecule has 1 unspecified atom stereocenters. The smallest absolute Gasteiger partial charge is 0.0847 e. The lowest BCUT2D eigenvalue weighted by molar-refractivity contribution is 0.178. The quantitative estimate of drug-likeness (QED) is 0.548. The molecule has 0 saturated heterocycles. The monoisotopic (exact) mass is 159 g/mol. The molecule has 0 aliphatic rings. The Labute approximate surface area is 68.0 Å². The van der Waals surface area contributed by atoms with Crippen LogP contribution in [0.15, 0.2) is 12.2 Å². The fourth-order valence-corrected chi connectivity index (χ4v) is 0.763. The van der Waals surface area contributed by atoms with Crippen LogP contribution in [0.1, 0.15) is 6.42 Å². The van der Waals surface area contributed by atoms with Crippen molar-refractivity contribution in [1.29, 1.82) is 0 Å². The lowest BCUT2D eigenvalue weighted by Crippen LogP contribution is -2.23. The molecule has 2 N–H and O–H groups in total. The van der Waals surface area contributed by atoms with Crippen LogP contribution in [0, 0.1) is 0 Å². The molecule has 0 fully saturated rings. The molecular formula is C8H17NO2. The first-order valence-electron chi connectivity index (χ1n) is 3.77. The van der Waals surface area contributed by atoms with Gasteiger partial charge >= 0.3 is 0 Å². The van der Waals surface area contributed by atoms with Crippen LogP contribution in [0.25, 0.3) is 0 Å². The molecule has 0 saturated carbocycles. The molecule has 0 aromatic rings. The van der Waals surface area contributed by atoms with Gasteiger partial charge in [0.1, 0.15) is 0 Å². The zero-order valence-corrected chi connectivity index (χ0v) is 7.20. The molecule has 3 heteroatoms. The van der Waals surface area contributed by atoms with Crippen LogP contribution in [0.2, 0.25) is 0 Å². The van der Waals surface area contributed by atoms with Gasteiger partial charge in [-0.05, 0) is 20.5 Å². The zero-order chi connectivity index (χ0) is 8.69. The summed E-state index contributed by atoms with van der Waals surface area (Å²) in [5, 5.41) is 17.7. The second-order valence-corrected chi connectivity index (χ2v) is 2.77. The maximum Gasteiger partial charge on any atom is 0.0847 e. The van der Waals surface area contributed by atoms with Crippen LogP contribution in [0.4, 0.5) is 0 Å². The van der Waals surface area contributed by atoms with Crippen molar-refractivity contribution < 1.29 is 10.2 Å². The average molecular weight is 159 g/mol. The third-order valence-electron chi connectivity index (χ3n) is 1.21. The molecular weight excluding hydrogens is 142 g/mol. The van der Waals surface area contributed by atoms with Crippen LogP contribution in [0.3, 0.4) is 0 Å². The van der Waals surface area contributed by atoms with Gasteiger partial charge in [0.15, 0.2) is 0 Å². The highest BCUT2D eigenvalue weighted by molar-refractivity contribution is 4.89. The molecule has 0 heterocycles. The van der Waals surface area contributed by atoms with E-state index in [2.05, 4.69) is 0 Å². The largest absolute Gasteiger partial charge is 0.396 e. The molecule has 0 radical (unpaired) electrons. The number of hydrogen-bond acceptors (Lipinski definition) is 3. The summed E-state index contributed by atoms with van der Waals surface area (Å²) in [5.41, 5.74) is 0. The van der Waals surface area contributed by atoms with Crippen molar-refractivity contribution in [1.82, 2.24) is 4.90 Å². The summed E-state index contributed by atoms with van der Waals surface area (Å²) in [6.45, 7) is 0.771. The second kappa shape index (κ2) is 6.34. The lowest BCUT2D eigenvalue weighted by Gasteiger charge is -2.11. The van der Waals surface area contributed by atoms with Gasteiger partial charge in [-0.15, -0.1) is 0 Å². The molecule has 0 aliphatic carbocycles. The van der Waals surface area contributed by atoms with Crippen molar-refractivity contribution in [2.45, 2.75) is 12.5 Å². The minimum atomic E-state index is -0.420. The van der Waals surface area contributed by atoms with Crippen LogP contribution < -0.4 is 0 Å². The number of hydrogen-bond donors (Lipinski definition) is 2. The first-order valence-corrected chi connectivity index (χ1v) is 3.77. The lowest BCUT2D eigenvalue weighted by atomic mass is 10.3. The van der Waals surface area contributed by atoms with Gasteiger partial charge in [0, 0.05) is 13.2 Å². The number of likely N-dealkylation sites (N-methyl/N-ethyl adjacent to an activating group) is 1. The summed E-state index contributed by atoms with van der Waals surface area (Å²) in [4.78, 5) is 1.91. The van der Waals surface area contributed by atoms with Gasteiger partial charge in [0.25, 0.3) is 0 Å². The Morgan fingerprint density at radius 2 is 2.09 bits per heavy atom. The van der Waals surface area contributed by atoms with Crippen molar-refractivity contribution in [2.24, 2.45) is 0 Å². The van der Waals surface area contributed by atoms with Crippen LogP contribution in [-0.4, -0.2) is 48.5 Å². The number of nitrogens with zero attached hydrogens (tertiary/aromatic N) is 1. The Hall–Kier alpha value is -0.380. The predicted octanol–water partition coefficient (Wildman–Crippen LogP) is -0.153. The standard InChI is InChI=1S/C8H17NO2/c1-9(2)7-8(11)5-3-4-6-10/h3,5,8,10-11H,4,6-7H2,1-2H3. The average Bonchev–Trinajstić information content (AvgIpc) is 1.86. The third-order valence-corrected chi connectivity index (χ3v) is 1.21. The Morgan fingerprint density at radius 1 is 1.45 bits per heavy atom. The van der Waals surface area contributed by atoms with Crippen LogP contribution in [-0.2, 0) is 0 Å². The van der Waals surface area contributed by atoms with E-state index < -0.39 is 6.10 Å². The molecule has 0 bridgehead atoms. The third kappa shape index (κ3) is 7.52. The topological polar surface area (TPSA) is 43.7 Å². The number of aliphatic hydroxyl groups excluding tert-OH is 2. The van der Waals surface area contributed by atoms with E-state index in [1.54, 1.807) is 12.2 Å².